The standard InChI is InChI=1S/C11H20N2/c1-10(2,3)8-7-9(13-12-8)11(4,5)6/h7-8H,1-6H3. The summed E-state index contributed by atoms with van der Waals surface area (Å²) in [6, 6.07) is 0.252. The van der Waals surface area contributed by atoms with Gasteiger partial charge < -0.3 is 0 Å². The summed E-state index contributed by atoms with van der Waals surface area (Å²) in [6.07, 6.45) is 2.19. The van der Waals surface area contributed by atoms with Gasteiger partial charge in [-0.05, 0) is 11.5 Å². The van der Waals surface area contributed by atoms with Crippen LogP contribution in [0, 0.1) is 10.8 Å². The highest BCUT2D eigenvalue weighted by atomic mass is 15.2. The summed E-state index contributed by atoms with van der Waals surface area (Å²) in [4.78, 5) is 0. The number of hydrogen-bond acceptors (Lipinski definition) is 2. The summed E-state index contributed by atoms with van der Waals surface area (Å²) < 4.78 is 0. The molecule has 0 aromatic heterocycles. The fourth-order valence-electron chi connectivity index (χ4n) is 1.16. The van der Waals surface area contributed by atoms with Crippen molar-refractivity contribution in [1.29, 1.82) is 0 Å². The molecular formula is C11H20N2. The van der Waals surface area contributed by atoms with Gasteiger partial charge in [-0.2, -0.15) is 10.2 Å². The van der Waals surface area contributed by atoms with Crippen LogP contribution in [0.25, 0.3) is 0 Å². The first-order valence-corrected chi connectivity index (χ1v) is 4.84. The van der Waals surface area contributed by atoms with Crippen molar-refractivity contribution in [3.8, 4) is 0 Å². The molecule has 0 N–H and O–H groups in total. The summed E-state index contributed by atoms with van der Waals surface area (Å²) >= 11 is 0. The van der Waals surface area contributed by atoms with Crippen LogP contribution in [0.4, 0.5) is 0 Å². The van der Waals surface area contributed by atoms with E-state index in [1.807, 2.05) is 0 Å². The Morgan fingerprint density at radius 2 is 1.62 bits per heavy atom. The smallest absolute Gasteiger partial charge is 0.0962 e. The van der Waals surface area contributed by atoms with Crippen molar-refractivity contribution in [1.82, 2.24) is 0 Å². The molecule has 1 rings (SSSR count). The average Bonchev–Trinajstić information content (AvgIpc) is 2.28. The second-order valence-electron chi connectivity index (χ2n) is 5.83. The molecule has 0 fully saturated rings. The molecule has 1 unspecified atom stereocenters. The molecule has 74 valence electrons. The normalized spacial score (nSPS) is 23.5. The highest BCUT2D eigenvalue weighted by molar-refractivity contribution is 5.17. The topological polar surface area (TPSA) is 24.7 Å². The molecule has 0 aromatic carbocycles. The fraction of sp³-hybridized carbons (Fsp3) is 0.818. The molecule has 0 saturated heterocycles. The van der Waals surface area contributed by atoms with E-state index in [-0.39, 0.29) is 16.9 Å². The first-order valence-electron chi connectivity index (χ1n) is 4.84. The molecule has 0 spiro atoms. The maximum Gasteiger partial charge on any atom is 0.0962 e. The number of rotatable bonds is 0. The van der Waals surface area contributed by atoms with Crippen molar-refractivity contribution in [2.24, 2.45) is 21.1 Å². The lowest BCUT2D eigenvalue weighted by Crippen LogP contribution is -2.20. The van der Waals surface area contributed by atoms with E-state index in [1.54, 1.807) is 0 Å². The Bertz CT molecular complexity index is 248. The Hall–Kier alpha value is -0.660. The van der Waals surface area contributed by atoms with Crippen LogP contribution < -0.4 is 0 Å². The maximum atomic E-state index is 4.29. The first kappa shape index (κ1) is 10.4. The van der Waals surface area contributed by atoms with Gasteiger partial charge in [-0.25, -0.2) is 0 Å². The molecule has 1 heterocycles. The van der Waals surface area contributed by atoms with Gasteiger partial charge in [0.25, 0.3) is 0 Å². The zero-order chi connectivity index (χ0) is 10.3. The Balaban J connectivity index is 2.84. The summed E-state index contributed by atoms with van der Waals surface area (Å²) in [5.74, 6) is 0. The van der Waals surface area contributed by atoms with Gasteiger partial charge >= 0.3 is 0 Å². The number of hydrogen-bond donors (Lipinski definition) is 0. The van der Waals surface area contributed by atoms with Crippen LogP contribution in [0.1, 0.15) is 41.5 Å². The minimum Gasteiger partial charge on any atom is -0.181 e. The molecule has 0 aromatic rings. The van der Waals surface area contributed by atoms with Gasteiger partial charge in [-0.15, -0.1) is 0 Å². The van der Waals surface area contributed by atoms with E-state index in [0.29, 0.717) is 0 Å². The SMILES string of the molecule is CC(C)(C)C1=CC(C(C)(C)C)N=N1. The van der Waals surface area contributed by atoms with E-state index in [0.717, 1.165) is 5.70 Å². The van der Waals surface area contributed by atoms with Crippen molar-refractivity contribution in [2.75, 3.05) is 0 Å². The molecule has 1 aliphatic heterocycles. The third-order valence-electron chi connectivity index (χ3n) is 2.26. The minimum absolute atomic E-state index is 0.128. The van der Waals surface area contributed by atoms with Gasteiger partial charge in [0.05, 0.1) is 11.7 Å². The number of azo groups is 1. The predicted molar refractivity (Wildman–Crippen MR) is 55.6 cm³/mol. The van der Waals surface area contributed by atoms with Crippen LogP contribution in [0.3, 0.4) is 0 Å². The Labute approximate surface area is 81.1 Å². The second kappa shape index (κ2) is 2.93. The van der Waals surface area contributed by atoms with Crippen molar-refractivity contribution < 1.29 is 0 Å². The highest BCUT2D eigenvalue weighted by Gasteiger charge is 2.29. The van der Waals surface area contributed by atoms with E-state index in [2.05, 4.69) is 57.8 Å². The van der Waals surface area contributed by atoms with Gasteiger partial charge in [0.2, 0.25) is 0 Å². The highest BCUT2D eigenvalue weighted by Crippen LogP contribution is 2.35. The van der Waals surface area contributed by atoms with Gasteiger partial charge in [0.1, 0.15) is 0 Å². The van der Waals surface area contributed by atoms with Crippen molar-refractivity contribution in [3.63, 3.8) is 0 Å². The molecule has 0 aliphatic carbocycles. The van der Waals surface area contributed by atoms with Crippen LogP contribution in [0.5, 0.6) is 0 Å². The van der Waals surface area contributed by atoms with Crippen LogP contribution >= 0.6 is 0 Å². The summed E-state index contributed by atoms with van der Waals surface area (Å²) in [5, 5.41) is 8.53. The molecule has 1 atom stereocenters. The Morgan fingerprint density at radius 1 is 1.08 bits per heavy atom. The monoisotopic (exact) mass is 180 g/mol. The molecule has 2 heteroatoms. The number of allylic oxidation sites excluding steroid dienone is 1. The molecule has 0 amide bonds. The van der Waals surface area contributed by atoms with Crippen LogP contribution in [-0.4, -0.2) is 6.04 Å². The second-order valence-corrected chi connectivity index (χ2v) is 5.83. The maximum absolute atomic E-state index is 4.29. The summed E-state index contributed by atoms with van der Waals surface area (Å²) in [5.41, 5.74) is 1.44. The molecule has 2 nitrogen and oxygen atoms in total. The van der Waals surface area contributed by atoms with E-state index >= 15 is 0 Å². The van der Waals surface area contributed by atoms with E-state index < -0.39 is 0 Å². The lowest BCUT2D eigenvalue weighted by atomic mass is 9.84. The molecule has 0 saturated carbocycles. The van der Waals surface area contributed by atoms with Crippen molar-refractivity contribution in [3.05, 3.63) is 11.8 Å². The zero-order valence-corrected chi connectivity index (χ0v) is 9.55. The third kappa shape index (κ3) is 2.39. The van der Waals surface area contributed by atoms with Gasteiger partial charge in [0, 0.05) is 5.41 Å². The van der Waals surface area contributed by atoms with E-state index in [1.165, 1.54) is 0 Å². The van der Waals surface area contributed by atoms with Crippen LogP contribution in [-0.2, 0) is 0 Å². The van der Waals surface area contributed by atoms with Crippen LogP contribution in [0.2, 0.25) is 0 Å². The predicted octanol–water partition coefficient (Wildman–Crippen LogP) is 3.80. The Kier molecular flexibility index (Phi) is 2.35. The molecule has 0 bridgehead atoms. The molecule has 13 heavy (non-hydrogen) atoms. The van der Waals surface area contributed by atoms with Gasteiger partial charge in [-0.3, -0.25) is 0 Å². The molecule has 0 radical (unpaired) electrons. The number of nitrogens with zero attached hydrogens (tertiary/aromatic N) is 2. The fourth-order valence-corrected chi connectivity index (χ4v) is 1.16. The summed E-state index contributed by atoms with van der Waals surface area (Å²) in [7, 11) is 0. The first-order chi connectivity index (χ1) is 5.71. The van der Waals surface area contributed by atoms with E-state index in [9.17, 15) is 0 Å². The van der Waals surface area contributed by atoms with Gasteiger partial charge in [0.15, 0.2) is 0 Å². The largest absolute Gasteiger partial charge is 0.181 e. The lowest BCUT2D eigenvalue weighted by Gasteiger charge is -2.21. The van der Waals surface area contributed by atoms with Crippen molar-refractivity contribution in [2.45, 2.75) is 47.6 Å². The van der Waals surface area contributed by atoms with Crippen LogP contribution in [0.15, 0.2) is 22.0 Å². The van der Waals surface area contributed by atoms with Gasteiger partial charge in [-0.1, -0.05) is 41.5 Å². The molecular weight excluding hydrogens is 160 g/mol. The minimum atomic E-state index is 0.128. The van der Waals surface area contributed by atoms with Crippen molar-refractivity contribution >= 4 is 0 Å². The average molecular weight is 180 g/mol. The summed E-state index contributed by atoms with van der Waals surface area (Å²) in [6.45, 7) is 13.1. The Morgan fingerprint density at radius 3 is 1.85 bits per heavy atom. The zero-order valence-electron chi connectivity index (χ0n) is 9.55. The third-order valence-corrected chi connectivity index (χ3v) is 2.26. The molecule has 1 aliphatic rings. The quantitative estimate of drug-likeness (QED) is 0.541. The van der Waals surface area contributed by atoms with E-state index in [4.69, 9.17) is 0 Å². The lowest BCUT2D eigenvalue weighted by molar-refractivity contribution is 0.365.